The van der Waals surface area contributed by atoms with Crippen LogP contribution >= 0.6 is 0 Å². The first-order valence-electron chi connectivity index (χ1n) is 14.6. The summed E-state index contributed by atoms with van der Waals surface area (Å²) in [5, 5.41) is 36.3. The first kappa shape index (κ1) is 29.1. The minimum absolute atomic E-state index is 0.0153. The summed E-state index contributed by atoms with van der Waals surface area (Å²) >= 11 is 0. The maximum absolute atomic E-state index is 12.1. The molecule has 0 fully saturated rings. The summed E-state index contributed by atoms with van der Waals surface area (Å²) in [4.78, 5) is 0. The van der Waals surface area contributed by atoms with Gasteiger partial charge in [-0.3, -0.25) is 0 Å². The molecule has 3 aliphatic rings. The zero-order valence-electron chi connectivity index (χ0n) is 24.9. The van der Waals surface area contributed by atoms with Crippen molar-refractivity contribution in [2.24, 2.45) is 17.8 Å². The normalized spacial score (nSPS) is 29.2. The van der Waals surface area contributed by atoms with Gasteiger partial charge in [0, 0.05) is 34.4 Å². The quantitative estimate of drug-likeness (QED) is 0.322. The number of rotatable bonds is 6. The Labute approximate surface area is 236 Å². The number of benzene rings is 1. The molecular weight excluding hydrogens is 480 g/mol. The summed E-state index contributed by atoms with van der Waals surface area (Å²) in [7, 11) is 0. The summed E-state index contributed by atoms with van der Waals surface area (Å²) in [6, 6.07) is 0. The SMILES string of the molecule is C=C(C)[C@H]1CCC(C)=C[C@@H]1c1c(O)c([C@@H]2C=C(C)CC[C@H]2C(=C)C)c(O)c([C@@H]2C=C(C)CC[C@H]2C(=C)C)c1O. The van der Waals surface area contributed by atoms with Crippen molar-refractivity contribution in [1.29, 1.82) is 0 Å². The molecule has 1 aromatic rings. The van der Waals surface area contributed by atoms with Gasteiger partial charge in [0.1, 0.15) is 17.2 Å². The van der Waals surface area contributed by atoms with Crippen molar-refractivity contribution in [2.75, 3.05) is 0 Å². The molecule has 6 atom stereocenters. The standard InChI is InChI=1S/C36H48O3/c1-19(2)25-13-10-22(7)16-28(25)31-34(37)32(29-17-23(8)11-14-26(29)20(3)4)36(39)33(35(31)38)30-18-24(9)12-15-27(30)21(5)6/h16-18,25-30,37-39H,1,3,5,10-15H2,2,4,6-9H3/t25-,26-,27+,28+,29+,30-/m0/s1. The fourth-order valence-corrected chi connectivity index (χ4v) is 7.44. The van der Waals surface area contributed by atoms with E-state index in [0.717, 1.165) is 55.2 Å². The second-order valence-electron chi connectivity index (χ2n) is 12.9. The highest BCUT2D eigenvalue weighted by molar-refractivity contribution is 5.68. The molecule has 0 aromatic heterocycles. The Bertz CT molecular complexity index is 1110. The van der Waals surface area contributed by atoms with E-state index in [1.807, 2.05) is 20.8 Å². The summed E-state index contributed by atoms with van der Waals surface area (Å²) in [5.41, 5.74) is 8.44. The van der Waals surface area contributed by atoms with Gasteiger partial charge >= 0.3 is 0 Å². The van der Waals surface area contributed by atoms with Crippen LogP contribution in [0.15, 0.2) is 71.4 Å². The van der Waals surface area contributed by atoms with E-state index in [9.17, 15) is 15.3 Å². The van der Waals surface area contributed by atoms with Gasteiger partial charge in [0.25, 0.3) is 0 Å². The number of phenols is 3. The first-order valence-corrected chi connectivity index (χ1v) is 14.6. The van der Waals surface area contributed by atoms with Crippen LogP contribution in [0.25, 0.3) is 0 Å². The molecule has 3 nitrogen and oxygen atoms in total. The lowest BCUT2D eigenvalue weighted by Crippen LogP contribution is -2.22. The minimum Gasteiger partial charge on any atom is -0.507 e. The van der Waals surface area contributed by atoms with Gasteiger partial charge in [-0.2, -0.15) is 0 Å². The van der Waals surface area contributed by atoms with Gasteiger partial charge < -0.3 is 15.3 Å². The second kappa shape index (κ2) is 11.3. The Balaban J connectivity index is 2.10. The second-order valence-corrected chi connectivity index (χ2v) is 12.9. The van der Waals surface area contributed by atoms with Crippen LogP contribution in [0.5, 0.6) is 17.2 Å². The van der Waals surface area contributed by atoms with E-state index in [1.54, 1.807) is 0 Å². The fraction of sp³-hybridized carbons (Fsp3) is 0.500. The van der Waals surface area contributed by atoms with Gasteiger partial charge in [-0.25, -0.2) is 0 Å². The largest absolute Gasteiger partial charge is 0.507 e. The number of aromatic hydroxyl groups is 3. The van der Waals surface area contributed by atoms with Crippen molar-refractivity contribution in [3.05, 3.63) is 88.1 Å². The van der Waals surface area contributed by atoms with Crippen LogP contribution < -0.4 is 0 Å². The van der Waals surface area contributed by atoms with Gasteiger partial charge in [-0.05, 0) is 97.8 Å². The van der Waals surface area contributed by atoms with Crippen molar-refractivity contribution in [1.82, 2.24) is 0 Å². The van der Waals surface area contributed by atoms with Crippen LogP contribution in [0.2, 0.25) is 0 Å². The third-order valence-corrected chi connectivity index (χ3v) is 9.67. The average Bonchev–Trinajstić information content (AvgIpc) is 2.83. The number of phenolic OH excluding ortho intramolecular Hbond substituents is 3. The van der Waals surface area contributed by atoms with Gasteiger partial charge in [0.05, 0.1) is 0 Å². The molecule has 210 valence electrons. The Morgan fingerprint density at radius 2 is 0.769 bits per heavy atom. The predicted octanol–water partition coefficient (Wildman–Crippen LogP) is 9.85. The molecule has 3 heteroatoms. The molecule has 0 aliphatic heterocycles. The molecule has 0 radical (unpaired) electrons. The maximum atomic E-state index is 12.1. The fourth-order valence-electron chi connectivity index (χ4n) is 7.44. The van der Waals surface area contributed by atoms with E-state index < -0.39 is 0 Å². The van der Waals surface area contributed by atoms with E-state index in [4.69, 9.17) is 0 Å². The van der Waals surface area contributed by atoms with Crippen LogP contribution in [0.1, 0.15) is 115 Å². The van der Waals surface area contributed by atoms with E-state index in [2.05, 4.69) is 58.7 Å². The summed E-state index contributed by atoms with van der Waals surface area (Å²) in [6.07, 6.45) is 12.2. The molecule has 0 bridgehead atoms. The molecule has 1 aromatic carbocycles. The third-order valence-electron chi connectivity index (χ3n) is 9.67. The molecule has 0 saturated heterocycles. The van der Waals surface area contributed by atoms with Gasteiger partial charge in [0.2, 0.25) is 0 Å². The summed E-state index contributed by atoms with van der Waals surface area (Å²) in [6.45, 7) is 25.3. The topological polar surface area (TPSA) is 60.7 Å². The van der Waals surface area contributed by atoms with E-state index in [0.29, 0.717) is 16.7 Å². The zero-order valence-corrected chi connectivity index (χ0v) is 24.9. The lowest BCUT2D eigenvalue weighted by Gasteiger charge is -2.38. The molecule has 0 heterocycles. The Morgan fingerprint density at radius 1 is 0.538 bits per heavy atom. The van der Waals surface area contributed by atoms with Gasteiger partial charge in [-0.1, -0.05) is 71.4 Å². The van der Waals surface area contributed by atoms with Gasteiger partial charge in [0.15, 0.2) is 0 Å². The Morgan fingerprint density at radius 3 is 0.974 bits per heavy atom. The highest BCUT2D eigenvalue weighted by Crippen LogP contribution is 2.58. The van der Waals surface area contributed by atoms with Crippen molar-refractivity contribution < 1.29 is 15.3 Å². The lowest BCUT2D eigenvalue weighted by molar-refractivity contribution is 0.361. The van der Waals surface area contributed by atoms with Crippen LogP contribution in [-0.2, 0) is 0 Å². The van der Waals surface area contributed by atoms with Crippen molar-refractivity contribution in [3.63, 3.8) is 0 Å². The third kappa shape index (κ3) is 5.42. The highest BCUT2D eigenvalue weighted by Gasteiger charge is 2.41. The van der Waals surface area contributed by atoms with Crippen LogP contribution in [0.3, 0.4) is 0 Å². The molecule has 3 N–H and O–H groups in total. The number of hydrogen-bond acceptors (Lipinski definition) is 3. The summed E-state index contributed by atoms with van der Waals surface area (Å²) in [5.74, 6) is -0.329. The molecule has 0 spiro atoms. The first-order chi connectivity index (χ1) is 18.3. The van der Waals surface area contributed by atoms with Crippen molar-refractivity contribution in [3.8, 4) is 17.2 Å². The average molecular weight is 529 g/mol. The Hall–Kier alpha value is -2.94. The smallest absolute Gasteiger partial charge is 0.130 e. The van der Waals surface area contributed by atoms with Crippen LogP contribution in [0.4, 0.5) is 0 Å². The Kier molecular flexibility index (Phi) is 8.40. The molecular formula is C36H48O3. The molecule has 39 heavy (non-hydrogen) atoms. The van der Waals surface area contributed by atoms with Crippen LogP contribution in [-0.4, -0.2) is 15.3 Å². The van der Waals surface area contributed by atoms with E-state index in [-0.39, 0.29) is 52.8 Å². The molecule has 0 unspecified atom stereocenters. The summed E-state index contributed by atoms with van der Waals surface area (Å²) < 4.78 is 0. The maximum Gasteiger partial charge on any atom is 0.130 e. The van der Waals surface area contributed by atoms with E-state index in [1.165, 1.54) is 16.7 Å². The minimum atomic E-state index is -0.219. The number of allylic oxidation sites excluding steroid dienone is 9. The molecule has 4 rings (SSSR count). The molecule has 0 saturated carbocycles. The van der Waals surface area contributed by atoms with Crippen molar-refractivity contribution >= 4 is 0 Å². The van der Waals surface area contributed by atoms with E-state index >= 15 is 0 Å². The van der Waals surface area contributed by atoms with Crippen LogP contribution in [0, 0.1) is 17.8 Å². The predicted molar refractivity (Wildman–Crippen MR) is 164 cm³/mol. The highest BCUT2D eigenvalue weighted by atomic mass is 16.3. The molecule has 0 amide bonds. The van der Waals surface area contributed by atoms with Gasteiger partial charge in [-0.15, -0.1) is 0 Å². The number of hydrogen-bond donors (Lipinski definition) is 3. The zero-order chi connectivity index (χ0) is 28.8. The van der Waals surface area contributed by atoms with Crippen molar-refractivity contribution in [2.45, 2.75) is 97.8 Å². The monoisotopic (exact) mass is 528 g/mol. The molecule has 3 aliphatic carbocycles. The lowest BCUT2D eigenvalue weighted by atomic mass is 9.67.